The van der Waals surface area contributed by atoms with Gasteiger partial charge in [-0.3, -0.25) is 9.80 Å². The molecule has 0 saturated carbocycles. The molecule has 0 aromatic carbocycles. The third-order valence-corrected chi connectivity index (χ3v) is 5.31. The van der Waals surface area contributed by atoms with Gasteiger partial charge in [-0.1, -0.05) is 0 Å². The minimum atomic E-state index is -0.402. The monoisotopic (exact) mass is 420 g/mol. The Hall–Kier alpha value is -2.65. The van der Waals surface area contributed by atoms with Crippen LogP contribution in [0.5, 0.6) is 5.88 Å². The zero-order valence-corrected chi connectivity index (χ0v) is 16.7. The van der Waals surface area contributed by atoms with Gasteiger partial charge >= 0.3 is 0 Å². The normalized spacial score (nSPS) is 20.8. The molecule has 4 rings (SSSR count). The Bertz CT molecular complexity index is 903. The van der Waals surface area contributed by atoms with Crippen LogP contribution in [0.1, 0.15) is 24.4 Å². The molecular weight excluding hydrogens is 399 g/mol. The molecule has 2 N–H and O–H groups in total. The van der Waals surface area contributed by atoms with Gasteiger partial charge in [0.15, 0.2) is 5.82 Å². The first-order chi connectivity index (χ1) is 14.1. The summed E-state index contributed by atoms with van der Waals surface area (Å²) in [5.74, 6) is 1.44. The Labute approximate surface area is 173 Å². The minimum Gasteiger partial charge on any atom is -0.481 e. The molecular formula is C19H22ClFN6O2. The van der Waals surface area contributed by atoms with E-state index in [1.165, 1.54) is 13.2 Å². The Morgan fingerprint density at radius 2 is 2.38 bits per heavy atom. The van der Waals surface area contributed by atoms with Crippen molar-refractivity contribution < 1.29 is 13.9 Å². The molecule has 8 nitrogen and oxygen atoms in total. The largest absolute Gasteiger partial charge is 0.481 e. The molecule has 29 heavy (non-hydrogen) atoms. The van der Waals surface area contributed by atoms with Crippen LogP contribution in [-0.4, -0.2) is 59.3 Å². The molecule has 0 aliphatic carbocycles. The second-order valence-electron chi connectivity index (χ2n) is 6.84. The quantitative estimate of drug-likeness (QED) is 0.705. The number of amidine groups is 1. The number of aromatic nitrogens is 1. The number of hydrazine groups is 1. The zero-order valence-electron chi connectivity index (χ0n) is 16.0. The predicted octanol–water partition coefficient (Wildman–Crippen LogP) is 1.68. The van der Waals surface area contributed by atoms with Gasteiger partial charge in [0.2, 0.25) is 5.88 Å². The number of aliphatic imine (C=N–C) groups is 1. The summed E-state index contributed by atoms with van der Waals surface area (Å²) in [6.07, 6.45) is 6.64. The van der Waals surface area contributed by atoms with Crippen molar-refractivity contribution in [3.05, 3.63) is 47.3 Å². The lowest BCUT2D eigenvalue weighted by Crippen LogP contribution is -2.35. The van der Waals surface area contributed by atoms with Crippen molar-refractivity contribution in [2.24, 2.45) is 4.99 Å². The first kappa shape index (κ1) is 19.7. The van der Waals surface area contributed by atoms with Gasteiger partial charge in [0, 0.05) is 37.3 Å². The van der Waals surface area contributed by atoms with E-state index < -0.39 is 5.82 Å². The van der Waals surface area contributed by atoms with Crippen LogP contribution >= 0.6 is 11.6 Å². The number of carbonyl (C=O) groups is 1. The van der Waals surface area contributed by atoms with Crippen molar-refractivity contribution in [1.29, 1.82) is 0 Å². The Kier molecular flexibility index (Phi) is 5.68. The van der Waals surface area contributed by atoms with Crippen LogP contribution in [0.2, 0.25) is 0 Å². The Morgan fingerprint density at radius 3 is 3.17 bits per heavy atom. The molecule has 4 heterocycles. The molecule has 154 valence electrons. The van der Waals surface area contributed by atoms with Crippen LogP contribution in [-0.2, 0) is 4.79 Å². The average Bonchev–Trinajstić information content (AvgIpc) is 3.38. The van der Waals surface area contributed by atoms with Gasteiger partial charge in [-0.05, 0) is 25.0 Å². The second kappa shape index (κ2) is 8.38. The molecule has 1 fully saturated rings. The number of methoxy groups -OCH3 is 1. The molecule has 0 unspecified atom stereocenters. The smallest absolute Gasteiger partial charge is 0.252 e. The maximum Gasteiger partial charge on any atom is 0.252 e. The highest BCUT2D eigenvalue weighted by atomic mass is 35.5. The molecule has 1 aromatic heterocycles. The van der Waals surface area contributed by atoms with E-state index >= 15 is 0 Å². The van der Waals surface area contributed by atoms with E-state index in [0.29, 0.717) is 41.8 Å². The van der Waals surface area contributed by atoms with Crippen LogP contribution in [0, 0.1) is 5.82 Å². The van der Waals surface area contributed by atoms with Crippen molar-refractivity contribution in [2.75, 3.05) is 32.6 Å². The number of amides is 1. The highest BCUT2D eigenvalue weighted by Crippen LogP contribution is 2.37. The Morgan fingerprint density at radius 1 is 1.52 bits per heavy atom. The molecule has 10 heteroatoms. The maximum atomic E-state index is 13.9. The number of fused-ring (bicyclic) bond motifs is 1. The van der Waals surface area contributed by atoms with E-state index in [1.807, 2.05) is 12.3 Å². The highest BCUT2D eigenvalue weighted by molar-refractivity contribution is 6.18. The number of nitrogens with one attached hydrogen (secondary N) is 2. The van der Waals surface area contributed by atoms with Crippen LogP contribution < -0.4 is 15.5 Å². The third kappa shape index (κ3) is 3.79. The molecule has 1 saturated heterocycles. The van der Waals surface area contributed by atoms with Crippen molar-refractivity contribution in [3.63, 3.8) is 0 Å². The standard InChI is InChI=1S/C19H22ClFN6O2/c1-29-19-13(9-12(21)10-23-19)15-3-2-7-26(15)16-4-8-27-17(25-16)14(11-24-27)18(28)22-6-5-20/h4,8-10,15,24H,2-3,5-7,11H2,1H3,(H,22,28)/t15-/m1/s1. The fourth-order valence-electron chi connectivity index (χ4n) is 3.82. The molecule has 1 amide bonds. The maximum absolute atomic E-state index is 13.9. The fourth-order valence-corrected chi connectivity index (χ4v) is 3.91. The van der Waals surface area contributed by atoms with Crippen LogP contribution in [0.3, 0.4) is 0 Å². The molecule has 0 radical (unpaired) electrons. The lowest BCUT2D eigenvalue weighted by atomic mass is 10.1. The number of ether oxygens (including phenoxy) is 1. The highest BCUT2D eigenvalue weighted by Gasteiger charge is 2.34. The van der Waals surface area contributed by atoms with E-state index in [4.69, 9.17) is 21.3 Å². The number of likely N-dealkylation sites (tertiary alicyclic amines) is 1. The van der Waals surface area contributed by atoms with Gasteiger partial charge in [0.25, 0.3) is 5.91 Å². The summed E-state index contributed by atoms with van der Waals surface area (Å²) in [4.78, 5) is 23.3. The second-order valence-corrected chi connectivity index (χ2v) is 7.22. The van der Waals surface area contributed by atoms with Gasteiger partial charge < -0.3 is 15.0 Å². The number of halogens is 2. The third-order valence-electron chi connectivity index (χ3n) is 5.12. The van der Waals surface area contributed by atoms with Crippen molar-refractivity contribution in [2.45, 2.75) is 18.9 Å². The molecule has 3 aliphatic rings. The minimum absolute atomic E-state index is 0.105. The van der Waals surface area contributed by atoms with Crippen molar-refractivity contribution >= 4 is 23.3 Å². The van der Waals surface area contributed by atoms with E-state index in [0.717, 1.165) is 31.4 Å². The zero-order chi connectivity index (χ0) is 20.4. The number of nitrogens with zero attached hydrogens (tertiary/aromatic N) is 4. The summed E-state index contributed by atoms with van der Waals surface area (Å²) in [6.45, 7) is 1.54. The molecule has 3 aliphatic heterocycles. The number of alkyl halides is 1. The van der Waals surface area contributed by atoms with E-state index in [2.05, 4.69) is 20.6 Å². The lowest BCUT2D eigenvalue weighted by Gasteiger charge is -2.30. The summed E-state index contributed by atoms with van der Waals surface area (Å²) >= 11 is 5.66. The van der Waals surface area contributed by atoms with Crippen LogP contribution in [0.15, 0.2) is 40.9 Å². The number of rotatable bonds is 5. The topological polar surface area (TPSA) is 82.1 Å². The van der Waals surface area contributed by atoms with Crippen LogP contribution in [0.4, 0.5) is 4.39 Å². The summed E-state index contributed by atoms with van der Waals surface area (Å²) < 4.78 is 19.2. The van der Waals surface area contributed by atoms with Gasteiger partial charge in [-0.2, -0.15) is 0 Å². The Balaban J connectivity index is 1.65. The number of hydrogen-bond acceptors (Lipinski definition) is 7. The van der Waals surface area contributed by atoms with E-state index in [1.54, 1.807) is 5.01 Å². The SMILES string of the molecule is COc1ncc(F)cc1[C@H]1CCCN1C1=NC2=C(C(=O)NCCCl)CNN2C=C1. The van der Waals surface area contributed by atoms with Crippen LogP contribution in [0.25, 0.3) is 0 Å². The first-order valence-electron chi connectivity index (χ1n) is 9.45. The number of pyridine rings is 1. The summed E-state index contributed by atoms with van der Waals surface area (Å²) in [5, 5.41) is 4.51. The molecule has 1 atom stereocenters. The molecule has 0 bridgehead atoms. The lowest BCUT2D eigenvalue weighted by molar-refractivity contribution is -0.117. The number of hydrogen-bond donors (Lipinski definition) is 2. The summed E-state index contributed by atoms with van der Waals surface area (Å²) in [7, 11) is 1.53. The first-order valence-corrected chi connectivity index (χ1v) is 9.99. The fraction of sp³-hybridized carbons (Fsp3) is 0.421. The van der Waals surface area contributed by atoms with Gasteiger partial charge in [-0.15, -0.1) is 11.6 Å². The predicted molar refractivity (Wildman–Crippen MR) is 107 cm³/mol. The van der Waals surface area contributed by atoms with Crippen molar-refractivity contribution in [3.8, 4) is 5.88 Å². The summed E-state index contributed by atoms with van der Waals surface area (Å²) in [5.41, 5.74) is 4.37. The van der Waals surface area contributed by atoms with E-state index in [-0.39, 0.29) is 11.9 Å². The van der Waals surface area contributed by atoms with E-state index in [9.17, 15) is 9.18 Å². The van der Waals surface area contributed by atoms with Gasteiger partial charge in [0.05, 0.1) is 24.9 Å². The molecule has 1 aromatic rings. The van der Waals surface area contributed by atoms with Gasteiger partial charge in [0.1, 0.15) is 11.7 Å². The van der Waals surface area contributed by atoms with Gasteiger partial charge in [-0.25, -0.2) is 19.8 Å². The average molecular weight is 421 g/mol. The van der Waals surface area contributed by atoms with Crippen molar-refractivity contribution in [1.82, 2.24) is 25.6 Å². The number of carbonyl (C=O) groups excluding carboxylic acids is 1. The summed E-state index contributed by atoms with van der Waals surface area (Å²) in [6, 6.07) is 1.36. The molecule has 0 spiro atoms.